The molecular weight excluding hydrogens is 636 g/mol. The van der Waals surface area contributed by atoms with Crippen LogP contribution in [0.2, 0.25) is 10.0 Å². The summed E-state index contributed by atoms with van der Waals surface area (Å²) < 4.78 is 71.7. The van der Waals surface area contributed by atoms with Crippen LogP contribution in [-0.2, 0) is 14.8 Å². The van der Waals surface area contributed by atoms with Crippen molar-refractivity contribution in [3.63, 3.8) is 0 Å². The fourth-order valence-corrected chi connectivity index (χ4v) is 6.65. The van der Waals surface area contributed by atoms with E-state index in [4.69, 9.17) is 46.9 Å². The molecule has 1 N–H and O–H groups in total. The van der Waals surface area contributed by atoms with Gasteiger partial charge in [-0.05, 0) is 42.8 Å². The van der Waals surface area contributed by atoms with E-state index in [0.717, 1.165) is 45.3 Å². The highest BCUT2D eigenvalue weighted by atomic mass is 35.5. The lowest BCUT2D eigenvalue weighted by Gasteiger charge is -2.26. The summed E-state index contributed by atoms with van der Waals surface area (Å²) in [5.41, 5.74) is 0.509. The molecule has 0 unspecified atom stereocenters. The van der Waals surface area contributed by atoms with Gasteiger partial charge in [-0.15, -0.1) is 0 Å². The molecule has 234 valence electrons. The Hall–Kier alpha value is -3.55. The lowest BCUT2D eigenvalue weighted by molar-refractivity contribution is 0.0357. The number of rotatable bonds is 12. The maximum atomic E-state index is 15.2. The van der Waals surface area contributed by atoms with Crippen LogP contribution in [0.5, 0.6) is 28.7 Å². The molecule has 0 amide bonds. The maximum absolute atomic E-state index is 15.2. The zero-order valence-electron chi connectivity index (χ0n) is 23.9. The van der Waals surface area contributed by atoms with Crippen LogP contribution >= 0.6 is 23.2 Å². The maximum Gasteiger partial charge on any atom is 0.265 e. The second-order valence-corrected chi connectivity index (χ2v) is 12.3. The Balaban J connectivity index is 1.31. The summed E-state index contributed by atoms with van der Waals surface area (Å²) in [4.78, 5) is 6.46. The van der Waals surface area contributed by atoms with E-state index in [2.05, 4.69) is 14.6 Å². The van der Waals surface area contributed by atoms with Crippen LogP contribution in [0.1, 0.15) is 6.42 Å². The van der Waals surface area contributed by atoms with Crippen molar-refractivity contribution in [3.05, 3.63) is 70.6 Å². The third-order valence-electron chi connectivity index (χ3n) is 6.84. The van der Waals surface area contributed by atoms with Gasteiger partial charge >= 0.3 is 0 Å². The predicted octanol–water partition coefficient (Wildman–Crippen LogP) is 6.39. The number of sulfonamides is 1. The fourth-order valence-electron chi connectivity index (χ4n) is 4.69. The number of halogens is 3. The minimum absolute atomic E-state index is 0.0129. The van der Waals surface area contributed by atoms with E-state index in [1.54, 1.807) is 18.2 Å². The normalized spacial score (nSPS) is 13.9. The summed E-state index contributed by atoms with van der Waals surface area (Å²) >= 11 is 12.1. The van der Waals surface area contributed by atoms with Gasteiger partial charge < -0.3 is 23.7 Å². The van der Waals surface area contributed by atoms with Crippen molar-refractivity contribution < 1.29 is 36.5 Å². The van der Waals surface area contributed by atoms with E-state index in [-0.39, 0.29) is 32.1 Å². The molecule has 14 heteroatoms. The molecule has 0 saturated carbocycles. The molecule has 0 bridgehead atoms. The van der Waals surface area contributed by atoms with Crippen LogP contribution in [0, 0.1) is 5.82 Å². The summed E-state index contributed by atoms with van der Waals surface area (Å²) in [6, 6.07) is 11.3. The molecule has 1 fully saturated rings. The van der Waals surface area contributed by atoms with Crippen molar-refractivity contribution in [1.82, 2.24) is 9.88 Å². The SMILES string of the molecule is COc1cc2c(Oc3ccc(NS(=O)(=O)c4cc(Cl)cc(Cl)c4OC)cc3F)ccnc2cc1OCCCN1CCOCC1. The van der Waals surface area contributed by atoms with Gasteiger partial charge in [0.1, 0.15) is 10.6 Å². The Morgan fingerprint density at radius 1 is 0.977 bits per heavy atom. The summed E-state index contributed by atoms with van der Waals surface area (Å²) in [6.07, 6.45) is 2.37. The Labute approximate surface area is 264 Å². The number of ether oxygens (including phenoxy) is 5. The smallest absolute Gasteiger partial charge is 0.265 e. The van der Waals surface area contributed by atoms with Gasteiger partial charge in [0.25, 0.3) is 10.0 Å². The Morgan fingerprint density at radius 2 is 1.77 bits per heavy atom. The highest BCUT2D eigenvalue weighted by Gasteiger charge is 2.24. The molecule has 4 aromatic rings. The summed E-state index contributed by atoms with van der Waals surface area (Å²) in [5, 5.41) is 0.674. The van der Waals surface area contributed by atoms with Crippen LogP contribution in [0.15, 0.2) is 59.6 Å². The average molecular weight is 667 g/mol. The van der Waals surface area contributed by atoms with Crippen LogP contribution < -0.4 is 23.7 Å². The van der Waals surface area contributed by atoms with Crippen LogP contribution in [-0.4, -0.2) is 72.0 Å². The molecule has 10 nitrogen and oxygen atoms in total. The predicted molar refractivity (Wildman–Crippen MR) is 166 cm³/mol. The lowest BCUT2D eigenvalue weighted by atomic mass is 10.1. The van der Waals surface area contributed by atoms with Crippen LogP contribution in [0.4, 0.5) is 10.1 Å². The molecule has 44 heavy (non-hydrogen) atoms. The zero-order chi connectivity index (χ0) is 31.3. The van der Waals surface area contributed by atoms with Crippen molar-refractivity contribution in [2.75, 3.05) is 58.4 Å². The van der Waals surface area contributed by atoms with Gasteiger partial charge in [0.2, 0.25) is 0 Å². The first-order valence-corrected chi connectivity index (χ1v) is 15.9. The number of nitrogens with one attached hydrogen (secondary N) is 1. The number of nitrogens with zero attached hydrogens (tertiary/aromatic N) is 2. The van der Waals surface area contributed by atoms with Crippen LogP contribution in [0.3, 0.4) is 0 Å². The second kappa shape index (κ2) is 14.0. The van der Waals surface area contributed by atoms with Crippen molar-refractivity contribution in [1.29, 1.82) is 0 Å². The van der Waals surface area contributed by atoms with Crippen molar-refractivity contribution >= 4 is 49.8 Å². The van der Waals surface area contributed by atoms with Gasteiger partial charge in [0.15, 0.2) is 28.8 Å². The fraction of sp³-hybridized carbons (Fsp3) is 0.300. The summed E-state index contributed by atoms with van der Waals surface area (Å²) in [5.74, 6) is 0.295. The molecule has 0 aliphatic carbocycles. The topological polar surface area (TPSA) is 108 Å². The first-order chi connectivity index (χ1) is 21.2. The standard InChI is InChI=1S/C30H30Cl2FN3O7S/c1-39-27-17-21-24(18-28(27)42-11-3-8-36-9-12-41-13-10-36)34-7-6-25(21)43-26-5-4-20(16-23(26)33)35-44(37,38)29-15-19(31)14-22(32)30(29)40-2/h4-7,14-18,35H,3,8-13H2,1-2H3. The van der Waals surface area contributed by atoms with Gasteiger partial charge in [-0.3, -0.25) is 14.6 Å². The second-order valence-electron chi connectivity index (χ2n) is 9.76. The van der Waals surface area contributed by atoms with Gasteiger partial charge in [0.05, 0.1) is 50.3 Å². The largest absolute Gasteiger partial charge is 0.494 e. The van der Waals surface area contributed by atoms with Crippen LogP contribution in [0.25, 0.3) is 10.9 Å². The van der Waals surface area contributed by atoms with Crippen molar-refractivity contribution in [2.24, 2.45) is 0 Å². The highest BCUT2D eigenvalue weighted by molar-refractivity contribution is 7.92. The molecule has 5 rings (SSSR count). The quantitative estimate of drug-likeness (QED) is 0.172. The number of anilines is 1. The summed E-state index contributed by atoms with van der Waals surface area (Å²) in [6.45, 7) is 4.73. The van der Waals surface area contributed by atoms with E-state index in [1.165, 1.54) is 44.7 Å². The Morgan fingerprint density at radius 3 is 2.50 bits per heavy atom. The summed E-state index contributed by atoms with van der Waals surface area (Å²) in [7, 11) is -1.43. The van der Waals surface area contributed by atoms with Gasteiger partial charge in [-0.25, -0.2) is 12.8 Å². The number of hydrogen-bond donors (Lipinski definition) is 1. The number of hydrogen-bond acceptors (Lipinski definition) is 9. The van der Waals surface area contributed by atoms with Crippen molar-refractivity contribution in [3.8, 4) is 28.7 Å². The molecule has 1 aromatic heterocycles. The third-order valence-corrected chi connectivity index (χ3v) is 8.72. The Bertz CT molecular complexity index is 1750. The zero-order valence-corrected chi connectivity index (χ0v) is 26.3. The molecule has 0 spiro atoms. The van der Waals surface area contributed by atoms with Crippen molar-refractivity contribution in [2.45, 2.75) is 11.3 Å². The number of aromatic nitrogens is 1. The number of benzene rings is 3. The van der Waals surface area contributed by atoms with E-state index >= 15 is 4.39 Å². The number of fused-ring (bicyclic) bond motifs is 1. The molecule has 1 aliphatic heterocycles. The van der Waals surface area contributed by atoms with E-state index in [0.29, 0.717) is 34.8 Å². The minimum atomic E-state index is -4.24. The van der Waals surface area contributed by atoms with E-state index in [1.807, 2.05) is 0 Å². The molecule has 3 aromatic carbocycles. The Kier molecular flexibility index (Phi) is 10.2. The van der Waals surface area contributed by atoms with E-state index < -0.39 is 15.8 Å². The van der Waals surface area contributed by atoms with Gasteiger partial charge in [-0.2, -0.15) is 0 Å². The minimum Gasteiger partial charge on any atom is -0.494 e. The molecule has 1 aliphatic rings. The average Bonchev–Trinajstić information content (AvgIpc) is 3.00. The number of methoxy groups -OCH3 is 2. The van der Waals surface area contributed by atoms with Gasteiger partial charge in [0, 0.05) is 48.4 Å². The molecule has 0 atom stereocenters. The highest BCUT2D eigenvalue weighted by Crippen LogP contribution is 2.39. The molecule has 0 radical (unpaired) electrons. The first-order valence-electron chi connectivity index (χ1n) is 13.6. The lowest BCUT2D eigenvalue weighted by Crippen LogP contribution is -2.37. The molecule has 2 heterocycles. The first kappa shape index (κ1) is 31.9. The number of pyridine rings is 1. The number of morpholine rings is 1. The monoisotopic (exact) mass is 665 g/mol. The third kappa shape index (κ3) is 7.39. The van der Waals surface area contributed by atoms with E-state index in [9.17, 15) is 8.42 Å². The molecule has 1 saturated heterocycles. The molecular formula is C30H30Cl2FN3O7S. The van der Waals surface area contributed by atoms with Gasteiger partial charge in [-0.1, -0.05) is 23.2 Å².